The lowest BCUT2D eigenvalue weighted by Gasteiger charge is -2.25. The summed E-state index contributed by atoms with van der Waals surface area (Å²) in [6.45, 7) is 9.43. The fraction of sp³-hybridized carbons (Fsp3) is 0.429. The third-order valence-electron chi connectivity index (χ3n) is 8.08. The fourth-order valence-corrected chi connectivity index (χ4v) is 7.88. The zero-order chi connectivity index (χ0) is 36.0. The lowest BCUT2D eigenvalue weighted by atomic mass is 9.95. The van der Waals surface area contributed by atoms with Crippen molar-refractivity contribution in [2.45, 2.75) is 71.2 Å². The van der Waals surface area contributed by atoms with Crippen molar-refractivity contribution in [2.24, 2.45) is 0 Å². The number of hydrogen-bond acceptors (Lipinski definition) is 4. The number of nitrogens with zero attached hydrogens (tertiary/aromatic N) is 2. The van der Waals surface area contributed by atoms with Crippen molar-refractivity contribution in [3.8, 4) is 5.75 Å². The van der Waals surface area contributed by atoms with E-state index < -0.39 is 42.5 Å². The van der Waals surface area contributed by atoms with Crippen LogP contribution in [0.25, 0.3) is 20.9 Å². The highest BCUT2D eigenvalue weighted by Crippen LogP contribution is 2.48. The van der Waals surface area contributed by atoms with Crippen LogP contribution < -0.4 is 14.5 Å². The van der Waals surface area contributed by atoms with E-state index in [1.54, 1.807) is 23.5 Å². The molecule has 0 saturated carbocycles. The molecule has 0 aliphatic carbocycles. The molecule has 8 heteroatoms. The first-order valence-corrected chi connectivity index (χ1v) is 16.2. The van der Waals surface area contributed by atoms with Gasteiger partial charge in [0.15, 0.2) is 0 Å². The monoisotopic (exact) mass is 642 g/mol. The standard InChI is InChI=1S/C35H38Cl2N2O3S/c1-20-13-26-33(31-21(2)19-43-34(20)31)23(16-37)18-38(26)29(40)11-8-12-30(41)39-17-22(15-36)32-25-10-7-6-9-24(25)28(14-27(32)39)42-35(3,4)5/h6-7,9-10,13-14,19,22-23H,8,11-12,15-18H2,1-5H3/t22-,23-/m1/s1/i8D2,11D2,12D2. The third kappa shape index (κ3) is 5.40. The summed E-state index contributed by atoms with van der Waals surface area (Å²) < 4.78 is 60.7. The number of thiophene rings is 1. The predicted molar refractivity (Wildman–Crippen MR) is 181 cm³/mol. The smallest absolute Gasteiger partial charge is 0.227 e. The fourth-order valence-electron chi connectivity index (χ4n) is 6.33. The highest BCUT2D eigenvalue weighted by Gasteiger charge is 2.37. The Balaban J connectivity index is 1.40. The minimum atomic E-state index is -3.61. The molecule has 0 radical (unpaired) electrons. The van der Waals surface area contributed by atoms with Crippen LogP contribution in [-0.4, -0.2) is 42.3 Å². The average Bonchev–Trinajstić information content (AvgIpc) is 3.72. The van der Waals surface area contributed by atoms with E-state index in [0.717, 1.165) is 42.4 Å². The molecule has 1 aromatic heterocycles. The van der Waals surface area contributed by atoms with Crippen molar-refractivity contribution in [1.82, 2.24) is 0 Å². The first-order valence-electron chi connectivity index (χ1n) is 17.3. The molecule has 2 amide bonds. The van der Waals surface area contributed by atoms with Gasteiger partial charge >= 0.3 is 0 Å². The van der Waals surface area contributed by atoms with E-state index >= 15 is 0 Å². The van der Waals surface area contributed by atoms with Crippen LogP contribution in [0.5, 0.6) is 5.75 Å². The minimum absolute atomic E-state index is 0.00142. The molecule has 5 nitrogen and oxygen atoms in total. The number of hydrogen-bond donors (Lipinski definition) is 0. The Morgan fingerprint density at radius 1 is 0.930 bits per heavy atom. The largest absolute Gasteiger partial charge is 0.487 e. The SMILES string of the molecule is [2H]C([2H])(C(=O)N1C[C@@H](CCl)c2c1cc(OC(C)(C)C)c1ccccc21)C([2H])([2H])C([2H])([2H])C(=O)N1C[C@@H](CCl)c2c1cc(C)c1scc(C)c21. The van der Waals surface area contributed by atoms with Gasteiger partial charge in [-0.3, -0.25) is 9.59 Å². The summed E-state index contributed by atoms with van der Waals surface area (Å²) in [4.78, 5) is 30.7. The number of amides is 2. The maximum absolute atomic E-state index is 14.3. The quantitative estimate of drug-likeness (QED) is 0.189. The highest BCUT2D eigenvalue weighted by molar-refractivity contribution is 7.17. The Hall–Kier alpha value is -2.80. The Bertz CT molecular complexity index is 2010. The van der Waals surface area contributed by atoms with Crippen molar-refractivity contribution in [1.29, 1.82) is 0 Å². The molecule has 0 unspecified atom stereocenters. The van der Waals surface area contributed by atoms with Crippen LogP contribution >= 0.6 is 34.5 Å². The van der Waals surface area contributed by atoms with E-state index in [-0.39, 0.29) is 30.8 Å². The number of rotatable bonds is 7. The summed E-state index contributed by atoms with van der Waals surface area (Å²) in [5.74, 6) is -2.65. The van der Waals surface area contributed by atoms with Gasteiger partial charge in [0.25, 0.3) is 0 Å². The van der Waals surface area contributed by atoms with E-state index in [0.29, 0.717) is 22.7 Å². The number of halogens is 2. The number of benzene rings is 3. The summed E-state index contributed by atoms with van der Waals surface area (Å²) in [7, 11) is 0. The molecule has 43 heavy (non-hydrogen) atoms. The molecule has 2 atom stereocenters. The summed E-state index contributed by atoms with van der Waals surface area (Å²) >= 11 is 14.3. The van der Waals surface area contributed by atoms with E-state index in [1.807, 2.05) is 64.3 Å². The Morgan fingerprint density at radius 2 is 1.51 bits per heavy atom. The lowest BCUT2D eigenvalue weighted by Crippen LogP contribution is -2.32. The van der Waals surface area contributed by atoms with Gasteiger partial charge in [0.1, 0.15) is 11.4 Å². The molecule has 4 aromatic rings. The van der Waals surface area contributed by atoms with Crippen molar-refractivity contribution < 1.29 is 22.6 Å². The third-order valence-corrected chi connectivity index (χ3v) is 10.1. The molecular weight excluding hydrogens is 599 g/mol. The van der Waals surface area contributed by atoms with E-state index in [4.69, 9.17) is 36.2 Å². The maximum Gasteiger partial charge on any atom is 0.227 e. The number of ether oxygens (including phenoxy) is 1. The van der Waals surface area contributed by atoms with Crippen LogP contribution in [0.15, 0.2) is 41.8 Å². The lowest BCUT2D eigenvalue weighted by molar-refractivity contribution is -0.119. The van der Waals surface area contributed by atoms with Crippen LogP contribution in [0.1, 0.15) is 82.2 Å². The molecule has 0 bridgehead atoms. The van der Waals surface area contributed by atoms with E-state index in [1.165, 1.54) is 4.90 Å². The van der Waals surface area contributed by atoms with Crippen LogP contribution in [-0.2, 0) is 9.59 Å². The van der Waals surface area contributed by atoms with Gasteiger partial charge in [-0.2, -0.15) is 0 Å². The van der Waals surface area contributed by atoms with Gasteiger partial charge in [0, 0.05) is 84.9 Å². The van der Waals surface area contributed by atoms with Gasteiger partial charge in [0.05, 0.1) is 5.69 Å². The number of fused-ring (bicyclic) bond motifs is 6. The van der Waals surface area contributed by atoms with Gasteiger partial charge in [-0.05, 0) is 80.1 Å². The van der Waals surface area contributed by atoms with Crippen molar-refractivity contribution >= 4 is 78.6 Å². The summed E-state index contributed by atoms with van der Waals surface area (Å²) in [5, 5.41) is 4.50. The first kappa shape index (κ1) is 23.6. The van der Waals surface area contributed by atoms with Crippen LogP contribution in [0.2, 0.25) is 0 Å². The second kappa shape index (κ2) is 11.6. The topological polar surface area (TPSA) is 49.9 Å². The summed E-state index contributed by atoms with van der Waals surface area (Å²) in [5.41, 5.74) is 3.48. The normalized spacial score (nSPS) is 21.1. The Labute approximate surface area is 276 Å². The van der Waals surface area contributed by atoms with Gasteiger partial charge in [-0.1, -0.05) is 24.3 Å². The molecule has 3 aromatic carbocycles. The Kier molecular flexibility index (Phi) is 6.36. The number of carbonyl (C=O) groups excluding carboxylic acids is 2. The Morgan fingerprint density at radius 3 is 2.12 bits per heavy atom. The highest BCUT2D eigenvalue weighted by atomic mass is 35.5. The molecule has 0 N–H and O–H groups in total. The molecule has 0 fully saturated rings. The zero-order valence-corrected chi connectivity index (χ0v) is 27.1. The van der Waals surface area contributed by atoms with Crippen LogP contribution in [0.4, 0.5) is 11.4 Å². The van der Waals surface area contributed by atoms with E-state index in [2.05, 4.69) is 0 Å². The number of carbonyl (C=O) groups is 2. The molecular formula is C35H38Cl2N2O3S. The molecule has 2 aliphatic rings. The van der Waals surface area contributed by atoms with Crippen LogP contribution in [0.3, 0.4) is 0 Å². The van der Waals surface area contributed by atoms with Crippen molar-refractivity contribution in [2.75, 3.05) is 34.6 Å². The second-order valence-electron chi connectivity index (χ2n) is 12.2. The molecule has 226 valence electrons. The predicted octanol–water partition coefficient (Wildman–Crippen LogP) is 9.06. The van der Waals surface area contributed by atoms with Gasteiger partial charge in [-0.25, -0.2) is 0 Å². The van der Waals surface area contributed by atoms with Gasteiger partial charge in [-0.15, -0.1) is 34.5 Å². The summed E-state index contributed by atoms with van der Waals surface area (Å²) in [6.07, 6.45) is -10.6. The average molecular weight is 644 g/mol. The molecule has 3 heterocycles. The van der Waals surface area contributed by atoms with Crippen molar-refractivity contribution in [3.05, 3.63) is 64.0 Å². The minimum Gasteiger partial charge on any atom is -0.487 e. The number of anilines is 2. The molecule has 6 rings (SSSR count). The van der Waals surface area contributed by atoms with Gasteiger partial charge < -0.3 is 14.5 Å². The second-order valence-corrected chi connectivity index (χ2v) is 13.7. The molecule has 2 aliphatic heterocycles. The first-order chi connectivity index (χ1) is 22.8. The number of alkyl halides is 2. The van der Waals surface area contributed by atoms with Crippen LogP contribution in [0, 0.1) is 13.8 Å². The number of aryl methyl sites for hydroxylation is 2. The molecule has 0 spiro atoms. The van der Waals surface area contributed by atoms with E-state index in [9.17, 15) is 9.59 Å². The maximum atomic E-state index is 14.3. The summed E-state index contributed by atoms with van der Waals surface area (Å²) in [6, 6.07) is 10.9. The zero-order valence-electron chi connectivity index (χ0n) is 30.8. The molecule has 0 saturated heterocycles. The van der Waals surface area contributed by atoms with Crippen molar-refractivity contribution in [3.63, 3.8) is 0 Å². The van der Waals surface area contributed by atoms with Gasteiger partial charge in [0.2, 0.25) is 11.8 Å².